The number of hydrogen-bond acceptors (Lipinski definition) is 7. The monoisotopic (exact) mass is 416 g/mol. The van der Waals surface area contributed by atoms with Gasteiger partial charge in [0.25, 0.3) is 15.9 Å². The van der Waals surface area contributed by atoms with Gasteiger partial charge in [-0.3, -0.25) is 4.79 Å². The fraction of sp³-hybridized carbons (Fsp3) is 0.0556. The number of sulfonamides is 1. The minimum Gasteiger partial charge on any atom is -0.481 e. The number of rotatable bonds is 6. The second-order valence-electron chi connectivity index (χ2n) is 5.56. The fourth-order valence-electron chi connectivity index (χ4n) is 2.25. The van der Waals surface area contributed by atoms with E-state index in [4.69, 9.17) is 4.74 Å². The molecule has 1 aromatic heterocycles. The van der Waals surface area contributed by atoms with Crippen molar-refractivity contribution >= 4 is 40.2 Å². The second-order valence-corrected chi connectivity index (χ2v) is 7.76. The number of thiol groups is 1. The lowest BCUT2D eigenvalue weighted by Gasteiger charge is -2.09. The summed E-state index contributed by atoms with van der Waals surface area (Å²) in [6.07, 6.45) is 1.38. The molecular formula is C18H16N4O4S2. The van der Waals surface area contributed by atoms with E-state index in [9.17, 15) is 13.2 Å². The lowest BCUT2D eigenvalue weighted by Crippen LogP contribution is -2.15. The summed E-state index contributed by atoms with van der Waals surface area (Å²) in [5.74, 6) is -0.200. The lowest BCUT2D eigenvalue weighted by molar-refractivity contribution is 0.102. The van der Waals surface area contributed by atoms with Crippen LogP contribution in [0.4, 0.5) is 11.6 Å². The number of methoxy groups -OCH3 is 1. The Kier molecular flexibility index (Phi) is 5.81. The van der Waals surface area contributed by atoms with Crippen LogP contribution in [0.25, 0.3) is 0 Å². The van der Waals surface area contributed by atoms with E-state index in [0.717, 1.165) is 0 Å². The van der Waals surface area contributed by atoms with Crippen molar-refractivity contribution < 1.29 is 17.9 Å². The quantitative estimate of drug-likeness (QED) is 0.533. The maximum atomic E-state index is 12.5. The van der Waals surface area contributed by atoms with Crippen molar-refractivity contribution in [1.29, 1.82) is 0 Å². The van der Waals surface area contributed by atoms with Crippen LogP contribution in [0.1, 0.15) is 10.4 Å². The summed E-state index contributed by atoms with van der Waals surface area (Å²) in [5.41, 5.74) is 0.896. The Morgan fingerprint density at radius 2 is 1.86 bits per heavy atom. The van der Waals surface area contributed by atoms with Crippen molar-refractivity contribution in [2.75, 3.05) is 17.1 Å². The number of benzene rings is 2. The average molecular weight is 416 g/mol. The Labute approximate surface area is 167 Å². The van der Waals surface area contributed by atoms with Gasteiger partial charge in [0, 0.05) is 28.4 Å². The molecular weight excluding hydrogens is 400 g/mol. The molecule has 0 aliphatic heterocycles. The molecule has 0 fully saturated rings. The molecule has 3 rings (SSSR count). The van der Waals surface area contributed by atoms with Crippen LogP contribution in [0.2, 0.25) is 0 Å². The van der Waals surface area contributed by atoms with Crippen molar-refractivity contribution in [2.45, 2.75) is 9.79 Å². The number of anilines is 2. The molecule has 3 aromatic rings. The molecule has 28 heavy (non-hydrogen) atoms. The summed E-state index contributed by atoms with van der Waals surface area (Å²) in [5, 5.41) is 2.70. The average Bonchev–Trinajstić information content (AvgIpc) is 2.68. The zero-order valence-electron chi connectivity index (χ0n) is 14.7. The first-order valence-corrected chi connectivity index (χ1v) is 9.91. The molecule has 0 saturated carbocycles. The predicted molar refractivity (Wildman–Crippen MR) is 107 cm³/mol. The van der Waals surface area contributed by atoms with E-state index in [-0.39, 0.29) is 22.6 Å². The molecule has 10 heteroatoms. The van der Waals surface area contributed by atoms with Crippen LogP contribution in [0.15, 0.2) is 70.6 Å². The molecule has 0 aliphatic rings. The van der Waals surface area contributed by atoms with Crippen LogP contribution in [0.5, 0.6) is 5.88 Å². The van der Waals surface area contributed by atoms with E-state index >= 15 is 0 Å². The maximum Gasteiger partial charge on any atom is 0.264 e. The first kappa shape index (κ1) is 19.6. The van der Waals surface area contributed by atoms with Crippen molar-refractivity contribution in [3.05, 3.63) is 66.4 Å². The molecule has 0 aliphatic carbocycles. The van der Waals surface area contributed by atoms with E-state index in [0.29, 0.717) is 16.1 Å². The van der Waals surface area contributed by atoms with Gasteiger partial charge < -0.3 is 10.1 Å². The predicted octanol–water partition coefficient (Wildman–Crippen LogP) is 2.83. The van der Waals surface area contributed by atoms with Crippen LogP contribution in [0, 0.1) is 0 Å². The maximum absolute atomic E-state index is 12.5. The molecule has 8 nitrogen and oxygen atoms in total. The normalized spacial score (nSPS) is 10.9. The summed E-state index contributed by atoms with van der Waals surface area (Å²) < 4.78 is 32.1. The van der Waals surface area contributed by atoms with Crippen LogP contribution >= 0.6 is 12.6 Å². The Bertz CT molecular complexity index is 1100. The lowest BCUT2D eigenvalue weighted by atomic mass is 10.2. The van der Waals surface area contributed by atoms with Crippen LogP contribution in [-0.2, 0) is 10.0 Å². The molecule has 1 heterocycles. The number of ether oxygens (including phenoxy) is 1. The van der Waals surface area contributed by atoms with Gasteiger partial charge in [0.05, 0.1) is 12.0 Å². The Balaban J connectivity index is 1.73. The Morgan fingerprint density at radius 3 is 2.54 bits per heavy atom. The summed E-state index contributed by atoms with van der Waals surface area (Å²) in [7, 11) is -2.48. The number of amides is 1. The van der Waals surface area contributed by atoms with Gasteiger partial charge in [-0.15, -0.1) is 12.6 Å². The van der Waals surface area contributed by atoms with Gasteiger partial charge in [0.1, 0.15) is 0 Å². The number of carbonyl (C=O) groups excluding carboxylic acids is 1. The number of carbonyl (C=O) groups is 1. The van der Waals surface area contributed by atoms with Gasteiger partial charge in [0.2, 0.25) is 11.8 Å². The molecule has 2 aromatic carbocycles. The third-order valence-corrected chi connectivity index (χ3v) is 5.22. The van der Waals surface area contributed by atoms with Crippen LogP contribution in [0.3, 0.4) is 0 Å². The SMILES string of the molecule is COc1ccnc(NS(=O)(=O)c2ccc(NC(=O)c3cccc(S)c3)cc2)n1. The van der Waals surface area contributed by atoms with Gasteiger partial charge in [-0.2, -0.15) is 4.98 Å². The minimum atomic E-state index is -3.89. The third-order valence-electron chi connectivity index (χ3n) is 3.60. The molecule has 0 bridgehead atoms. The standard InChI is InChI=1S/C18H16N4O4S2/c1-26-16-9-10-19-18(21-16)22-28(24,25)15-7-5-13(6-8-15)20-17(23)12-3-2-4-14(27)11-12/h2-11,27H,1H3,(H,20,23)(H,19,21,22). The summed E-state index contributed by atoms with van der Waals surface area (Å²) in [4.78, 5) is 20.7. The van der Waals surface area contributed by atoms with E-state index in [2.05, 4.69) is 32.6 Å². The summed E-state index contributed by atoms with van der Waals surface area (Å²) in [6.45, 7) is 0. The zero-order chi connectivity index (χ0) is 20.1. The van der Waals surface area contributed by atoms with Crippen molar-refractivity contribution in [3.63, 3.8) is 0 Å². The molecule has 0 atom stereocenters. The first-order valence-electron chi connectivity index (χ1n) is 7.98. The highest BCUT2D eigenvalue weighted by Crippen LogP contribution is 2.18. The smallest absolute Gasteiger partial charge is 0.264 e. The number of nitrogens with zero attached hydrogens (tertiary/aromatic N) is 2. The summed E-state index contributed by atoms with van der Waals surface area (Å²) >= 11 is 4.20. The molecule has 0 spiro atoms. The van der Waals surface area contributed by atoms with E-state index in [1.807, 2.05) is 0 Å². The van der Waals surface area contributed by atoms with Gasteiger partial charge >= 0.3 is 0 Å². The van der Waals surface area contributed by atoms with Crippen LogP contribution in [-0.4, -0.2) is 31.4 Å². The third kappa shape index (κ3) is 4.78. The van der Waals surface area contributed by atoms with Crippen molar-refractivity contribution in [3.8, 4) is 5.88 Å². The van der Waals surface area contributed by atoms with Crippen molar-refractivity contribution in [1.82, 2.24) is 9.97 Å². The summed E-state index contributed by atoms with van der Waals surface area (Å²) in [6, 6.07) is 14.0. The second kappa shape index (κ2) is 8.28. The highest BCUT2D eigenvalue weighted by molar-refractivity contribution is 7.92. The molecule has 1 amide bonds. The van der Waals surface area contributed by atoms with E-state index in [1.54, 1.807) is 24.3 Å². The van der Waals surface area contributed by atoms with Gasteiger partial charge in [0.15, 0.2) is 0 Å². The number of aromatic nitrogens is 2. The van der Waals surface area contributed by atoms with E-state index in [1.165, 1.54) is 43.6 Å². The Hall–Kier alpha value is -3.11. The zero-order valence-corrected chi connectivity index (χ0v) is 16.4. The highest BCUT2D eigenvalue weighted by Gasteiger charge is 2.16. The van der Waals surface area contributed by atoms with Gasteiger partial charge in [-0.25, -0.2) is 18.1 Å². The first-order chi connectivity index (χ1) is 13.4. The fourth-order valence-corrected chi connectivity index (χ4v) is 3.43. The highest BCUT2D eigenvalue weighted by atomic mass is 32.2. The number of nitrogens with one attached hydrogen (secondary N) is 2. The molecule has 144 valence electrons. The van der Waals surface area contributed by atoms with Crippen LogP contribution < -0.4 is 14.8 Å². The van der Waals surface area contributed by atoms with Gasteiger partial charge in [-0.1, -0.05) is 6.07 Å². The molecule has 2 N–H and O–H groups in total. The van der Waals surface area contributed by atoms with Gasteiger partial charge in [-0.05, 0) is 42.5 Å². The molecule has 0 radical (unpaired) electrons. The largest absolute Gasteiger partial charge is 0.481 e. The molecule has 0 unspecified atom stereocenters. The minimum absolute atomic E-state index is 0.00530. The van der Waals surface area contributed by atoms with E-state index < -0.39 is 10.0 Å². The molecule has 0 saturated heterocycles. The number of hydrogen-bond donors (Lipinski definition) is 3. The Morgan fingerprint density at radius 1 is 1.11 bits per heavy atom. The van der Waals surface area contributed by atoms with Crippen molar-refractivity contribution in [2.24, 2.45) is 0 Å². The topological polar surface area (TPSA) is 110 Å².